The van der Waals surface area contributed by atoms with Gasteiger partial charge in [0, 0.05) is 0 Å². The summed E-state index contributed by atoms with van der Waals surface area (Å²) in [5.41, 5.74) is 0. The molecule has 0 amide bonds. The van der Waals surface area contributed by atoms with Crippen LogP contribution >= 0.6 is 16.3 Å². The van der Waals surface area contributed by atoms with Crippen molar-refractivity contribution in [3.8, 4) is 0 Å². The van der Waals surface area contributed by atoms with Crippen LogP contribution in [0.4, 0.5) is 0 Å². The zero-order valence-electron chi connectivity index (χ0n) is 4.04. The first-order valence-electron chi connectivity index (χ1n) is 0.906. The molecule has 3 N–H and O–H groups in total. The molecule has 0 aliphatic carbocycles. The molecule has 0 aromatic heterocycles. The Balaban J connectivity index is -0.0000000750. The van der Waals surface area contributed by atoms with Gasteiger partial charge >= 0.3 is 39.9 Å². The predicted octanol–water partition coefficient (Wildman–Crippen LogP) is -4.59. The molecular weight excluding hydrogens is 213 g/mol. The van der Waals surface area contributed by atoms with Crippen LogP contribution in [0, 0.1) is 0 Å². The van der Waals surface area contributed by atoms with Crippen molar-refractivity contribution in [2.24, 2.45) is 5.14 Å². The van der Waals surface area contributed by atoms with Gasteiger partial charge < -0.3 is 4.20 Å². The van der Waals surface area contributed by atoms with Crippen LogP contribution in [0.1, 0.15) is 0 Å². The van der Waals surface area contributed by atoms with Gasteiger partial charge in [0.05, 0.1) is 0 Å². The first-order valence-corrected chi connectivity index (χ1v) is 3.06. The average molecular weight is 216 g/mol. The van der Waals surface area contributed by atoms with Crippen LogP contribution in [0.25, 0.3) is 0 Å². The molecule has 8 heteroatoms. The van der Waals surface area contributed by atoms with Crippen LogP contribution in [0.2, 0.25) is 0 Å². The minimum Gasteiger partial charge on any atom is -0.791 e. The van der Waals surface area contributed by atoms with Crippen molar-refractivity contribution >= 4 is 26.6 Å². The molecule has 0 heterocycles. The van der Waals surface area contributed by atoms with E-state index in [-0.39, 0.29) is 29.6 Å². The van der Waals surface area contributed by atoms with Crippen molar-refractivity contribution < 1.29 is 46.7 Å². The largest absolute Gasteiger partial charge is 1.00 e. The minimum atomic E-state index is -4.17. The summed E-state index contributed by atoms with van der Waals surface area (Å²) in [4.78, 5) is 0. The van der Waals surface area contributed by atoms with Crippen LogP contribution in [-0.2, 0) is 10.3 Å². The van der Waals surface area contributed by atoms with Crippen LogP contribution in [0.3, 0.4) is 0 Å². The van der Waals surface area contributed by atoms with Gasteiger partial charge in [-0.1, -0.05) is 0 Å². The van der Waals surface area contributed by atoms with Gasteiger partial charge in [0.2, 0.25) is 0 Å². The summed E-state index contributed by atoms with van der Waals surface area (Å²) in [6, 6.07) is 0. The number of halogens is 1. The van der Waals surface area contributed by atoms with Gasteiger partial charge in [-0.2, -0.15) is 8.42 Å². The van der Waals surface area contributed by atoms with Gasteiger partial charge in [-0.15, -0.1) is 0 Å². The summed E-state index contributed by atoms with van der Waals surface area (Å²) < 4.78 is 33.3. The van der Waals surface area contributed by atoms with E-state index in [0.717, 1.165) is 0 Å². The Kier molecular flexibility index (Phi) is 16.8. The number of hydrogen-bond acceptors (Lipinski definition) is 3. The third kappa shape index (κ3) is 170. The third-order valence-corrected chi connectivity index (χ3v) is 0. The van der Waals surface area contributed by atoms with Crippen LogP contribution in [-0.4, -0.2) is 13.0 Å². The minimum absolute atomic E-state index is 0. The van der Waals surface area contributed by atoms with Crippen molar-refractivity contribution in [3.63, 3.8) is 0 Å². The summed E-state index contributed by atoms with van der Waals surface area (Å²) in [7, 11) is -4.17. The Morgan fingerprint density at radius 1 is 1.50 bits per heavy atom. The van der Waals surface area contributed by atoms with Crippen molar-refractivity contribution in [1.82, 2.24) is 0 Å². The van der Waals surface area contributed by atoms with Gasteiger partial charge in [0.15, 0.2) is 0 Å². The van der Waals surface area contributed by atoms with Crippen LogP contribution in [0.5, 0.6) is 0 Å². The Morgan fingerprint density at radius 3 is 1.50 bits per heavy atom. The Hall–Kier alpha value is 1.31. The number of nitrogens with two attached hydrogens (primary N) is 1. The molecule has 0 atom stereocenters. The van der Waals surface area contributed by atoms with Crippen LogP contribution in [0.15, 0.2) is 0 Å². The summed E-state index contributed by atoms with van der Waals surface area (Å²) in [5.74, 6) is 0. The van der Waals surface area contributed by atoms with Crippen molar-refractivity contribution in [3.05, 3.63) is 0 Å². The van der Waals surface area contributed by atoms with E-state index in [1.807, 2.05) is 0 Å². The second kappa shape index (κ2) is 8.31. The SMILES string of the molecule is NS(=O)(=O)O.[Na+].[O-]Br. The molecule has 0 bridgehead atoms. The van der Waals surface area contributed by atoms with E-state index >= 15 is 0 Å². The fourth-order valence-corrected chi connectivity index (χ4v) is 0. The van der Waals surface area contributed by atoms with Gasteiger partial charge in [-0.3, -0.25) is 4.55 Å². The molecule has 0 aliphatic heterocycles. The molecule has 0 saturated carbocycles. The smallest absolute Gasteiger partial charge is 0.791 e. The molecular formula is H3BrNNaO4S. The van der Waals surface area contributed by atoms with Crippen LogP contribution < -0.4 is 38.9 Å². The molecule has 0 aromatic rings. The van der Waals surface area contributed by atoms with E-state index in [1.54, 1.807) is 16.3 Å². The van der Waals surface area contributed by atoms with Gasteiger partial charge in [0.25, 0.3) is 0 Å². The predicted molar refractivity (Wildman–Crippen MR) is 24.7 cm³/mol. The fourth-order valence-electron chi connectivity index (χ4n) is 0. The standard InChI is InChI=1S/BrO.H3NO3S.Na/c1-2;1-5(2,3)4;/h;(H3,1,2,3,4);/q-1;;+1. The van der Waals surface area contributed by atoms with Crippen molar-refractivity contribution in [2.45, 2.75) is 0 Å². The second-order valence-corrected chi connectivity index (χ2v) is 1.54. The first kappa shape index (κ1) is 16.1. The number of rotatable bonds is 0. The molecule has 0 aliphatic rings. The summed E-state index contributed by atoms with van der Waals surface area (Å²) >= 11 is 1.69. The van der Waals surface area contributed by atoms with E-state index in [4.69, 9.17) is 17.2 Å². The fraction of sp³-hybridized carbons (Fsp3) is 0. The zero-order chi connectivity index (χ0) is 6.50. The molecule has 0 radical (unpaired) electrons. The van der Waals surface area contributed by atoms with E-state index in [2.05, 4.69) is 5.14 Å². The summed E-state index contributed by atoms with van der Waals surface area (Å²) in [6.45, 7) is 0. The monoisotopic (exact) mass is 215 g/mol. The zero-order valence-corrected chi connectivity index (χ0v) is 8.44. The van der Waals surface area contributed by atoms with E-state index < -0.39 is 10.3 Å². The molecule has 5 nitrogen and oxygen atoms in total. The van der Waals surface area contributed by atoms with Gasteiger partial charge in [0.1, 0.15) is 0 Å². The first-order chi connectivity index (χ1) is 3.00. The maximum Gasteiger partial charge on any atom is 1.00 e. The molecule has 8 heavy (non-hydrogen) atoms. The maximum absolute atomic E-state index is 8.97. The van der Waals surface area contributed by atoms with Crippen molar-refractivity contribution in [2.75, 3.05) is 0 Å². The van der Waals surface area contributed by atoms with E-state index in [0.29, 0.717) is 0 Å². The average Bonchev–Trinajstić information content (AvgIpc) is 1.36. The molecule has 0 rings (SSSR count). The molecule has 0 spiro atoms. The Morgan fingerprint density at radius 2 is 1.50 bits per heavy atom. The topological polar surface area (TPSA) is 103 Å². The molecule has 0 saturated heterocycles. The van der Waals surface area contributed by atoms with E-state index in [9.17, 15) is 0 Å². The maximum atomic E-state index is 8.97. The summed E-state index contributed by atoms with van der Waals surface area (Å²) in [5, 5.41) is 3.88. The summed E-state index contributed by atoms with van der Waals surface area (Å²) in [6.07, 6.45) is 0. The molecule has 0 aromatic carbocycles. The van der Waals surface area contributed by atoms with Crippen molar-refractivity contribution in [1.29, 1.82) is 0 Å². The Bertz CT molecular complexity index is 99.2. The molecule has 46 valence electrons. The van der Waals surface area contributed by atoms with E-state index in [1.165, 1.54) is 0 Å². The second-order valence-electron chi connectivity index (χ2n) is 0.515. The quantitative estimate of drug-likeness (QED) is 0.314. The van der Waals surface area contributed by atoms with Gasteiger partial charge in [-0.25, -0.2) is 21.4 Å². The molecule has 0 unspecified atom stereocenters. The molecule has 0 fully saturated rings. The number of hydrogen-bond donors (Lipinski definition) is 2. The third-order valence-electron chi connectivity index (χ3n) is 0. The van der Waals surface area contributed by atoms with Gasteiger partial charge in [-0.05, 0) is 0 Å². The Labute approximate surface area is 77.9 Å². The normalized spacial score (nSPS) is 8.00.